The van der Waals surface area contributed by atoms with Gasteiger partial charge < -0.3 is 9.47 Å². The van der Waals surface area contributed by atoms with Crippen molar-refractivity contribution in [3.8, 4) is 11.5 Å². The molecule has 34 heavy (non-hydrogen) atoms. The van der Waals surface area contributed by atoms with Crippen molar-refractivity contribution in [3.05, 3.63) is 83.9 Å². The Labute approximate surface area is 207 Å². The van der Waals surface area contributed by atoms with E-state index in [4.69, 9.17) is 9.47 Å². The molecule has 1 amide bonds. The lowest BCUT2D eigenvalue weighted by Crippen LogP contribution is -2.19. The number of ether oxygens (including phenoxy) is 2. The summed E-state index contributed by atoms with van der Waals surface area (Å²) in [5.41, 5.74) is 5.55. The number of amides is 1. The molecule has 3 aromatic carbocycles. The number of rotatable bonds is 11. The molecule has 0 atom stereocenters. The molecule has 4 rings (SSSR count). The van der Waals surface area contributed by atoms with Crippen LogP contribution in [-0.4, -0.2) is 36.1 Å². The van der Waals surface area contributed by atoms with Gasteiger partial charge in [-0.1, -0.05) is 54.2 Å². The summed E-state index contributed by atoms with van der Waals surface area (Å²) in [4.78, 5) is 16.7. The molecule has 0 spiro atoms. The van der Waals surface area contributed by atoms with Crippen LogP contribution in [0.5, 0.6) is 11.5 Å². The molecule has 0 unspecified atom stereocenters. The summed E-state index contributed by atoms with van der Waals surface area (Å²) in [7, 11) is 0. The zero-order chi connectivity index (χ0) is 23.6. The standard InChI is InChI=1S/C26H25N3O3S2/c1-2-31-23-16-20(12-13-22(23)32-15-14-19-8-4-3-5-9-19)17-27-29-25(30)18-33-26-28-21-10-6-7-11-24(21)34-26/h3-13,16-17H,2,14-15,18H2,1H3,(H,29,30)/b27-17+. The van der Waals surface area contributed by atoms with Crippen LogP contribution in [0.15, 0.2) is 82.2 Å². The molecular weight excluding hydrogens is 466 g/mol. The van der Waals surface area contributed by atoms with E-state index in [9.17, 15) is 4.79 Å². The van der Waals surface area contributed by atoms with Gasteiger partial charge in [-0.15, -0.1) is 11.3 Å². The van der Waals surface area contributed by atoms with Crippen LogP contribution in [0.3, 0.4) is 0 Å². The van der Waals surface area contributed by atoms with E-state index in [1.165, 1.54) is 17.3 Å². The van der Waals surface area contributed by atoms with E-state index in [0.717, 1.165) is 26.5 Å². The first-order valence-corrected chi connectivity index (χ1v) is 12.8. The number of aromatic nitrogens is 1. The lowest BCUT2D eigenvalue weighted by Gasteiger charge is -2.12. The number of fused-ring (bicyclic) bond motifs is 1. The fraction of sp³-hybridized carbons (Fsp3) is 0.192. The number of nitrogens with zero attached hydrogens (tertiary/aromatic N) is 2. The molecule has 0 radical (unpaired) electrons. The fourth-order valence-electron chi connectivity index (χ4n) is 3.17. The average Bonchev–Trinajstić information content (AvgIpc) is 3.28. The first-order chi connectivity index (χ1) is 16.7. The number of hydrogen-bond donors (Lipinski definition) is 1. The summed E-state index contributed by atoms with van der Waals surface area (Å²) in [5.74, 6) is 1.39. The van der Waals surface area contributed by atoms with E-state index in [-0.39, 0.29) is 11.7 Å². The van der Waals surface area contributed by atoms with Crippen molar-refractivity contribution in [1.29, 1.82) is 0 Å². The molecule has 8 heteroatoms. The molecule has 1 aromatic heterocycles. The summed E-state index contributed by atoms with van der Waals surface area (Å²) in [6.45, 7) is 3.01. The molecule has 0 saturated carbocycles. The van der Waals surface area contributed by atoms with E-state index in [0.29, 0.717) is 24.7 Å². The molecule has 174 valence electrons. The minimum absolute atomic E-state index is 0.189. The quantitative estimate of drug-likeness (QED) is 0.169. The lowest BCUT2D eigenvalue weighted by atomic mass is 10.2. The Hall–Kier alpha value is -3.36. The number of carbonyl (C=O) groups is 1. The highest BCUT2D eigenvalue weighted by molar-refractivity contribution is 8.01. The maximum Gasteiger partial charge on any atom is 0.250 e. The van der Waals surface area contributed by atoms with Crippen LogP contribution < -0.4 is 14.9 Å². The van der Waals surface area contributed by atoms with E-state index < -0.39 is 0 Å². The van der Waals surface area contributed by atoms with E-state index in [2.05, 4.69) is 27.6 Å². The van der Waals surface area contributed by atoms with Gasteiger partial charge in [0.15, 0.2) is 15.8 Å². The highest BCUT2D eigenvalue weighted by atomic mass is 32.2. The second kappa shape index (κ2) is 12.2. The third-order valence-electron chi connectivity index (χ3n) is 4.76. The van der Waals surface area contributed by atoms with Crippen LogP contribution in [-0.2, 0) is 11.2 Å². The van der Waals surface area contributed by atoms with E-state index in [1.807, 2.05) is 67.6 Å². The second-order valence-electron chi connectivity index (χ2n) is 7.25. The number of hydrazone groups is 1. The summed E-state index contributed by atoms with van der Waals surface area (Å²) < 4.78 is 13.7. The monoisotopic (exact) mass is 491 g/mol. The molecule has 6 nitrogen and oxygen atoms in total. The van der Waals surface area contributed by atoms with Crippen molar-refractivity contribution in [1.82, 2.24) is 10.4 Å². The average molecular weight is 492 g/mol. The zero-order valence-corrected chi connectivity index (χ0v) is 20.4. The first-order valence-electron chi connectivity index (χ1n) is 10.9. The van der Waals surface area contributed by atoms with Gasteiger partial charge in [0, 0.05) is 6.42 Å². The van der Waals surface area contributed by atoms with E-state index >= 15 is 0 Å². The van der Waals surface area contributed by atoms with Gasteiger partial charge in [0.05, 0.1) is 35.4 Å². The van der Waals surface area contributed by atoms with Crippen molar-refractivity contribution in [2.24, 2.45) is 5.10 Å². The highest BCUT2D eigenvalue weighted by Gasteiger charge is 2.08. The van der Waals surface area contributed by atoms with Gasteiger partial charge in [-0.2, -0.15) is 5.10 Å². The van der Waals surface area contributed by atoms with Gasteiger partial charge in [0.25, 0.3) is 5.91 Å². The number of hydrogen-bond acceptors (Lipinski definition) is 7. The van der Waals surface area contributed by atoms with Crippen molar-refractivity contribution in [3.63, 3.8) is 0 Å². The molecule has 0 aliphatic carbocycles. The third-order valence-corrected chi connectivity index (χ3v) is 6.94. The van der Waals surface area contributed by atoms with Crippen LogP contribution >= 0.6 is 23.1 Å². The van der Waals surface area contributed by atoms with Gasteiger partial charge in [-0.25, -0.2) is 10.4 Å². The Kier molecular flexibility index (Phi) is 8.54. The van der Waals surface area contributed by atoms with Crippen LogP contribution in [0.25, 0.3) is 10.2 Å². The van der Waals surface area contributed by atoms with Crippen molar-refractivity contribution < 1.29 is 14.3 Å². The molecular formula is C26H25N3O3S2. The van der Waals surface area contributed by atoms with Gasteiger partial charge in [-0.3, -0.25) is 4.79 Å². The highest BCUT2D eigenvalue weighted by Crippen LogP contribution is 2.29. The minimum Gasteiger partial charge on any atom is -0.490 e. The molecule has 0 aliphatic rings. The van der Waals surface area contributed by atoms with Crippen molar-refractivity contribution >= 4 is 45.4 Å². The van der Waals surface area contributed by atoms with Crippen LogP contribution in [0, 0.1) is 0 Å². The van der Waals surface area contributed by atoms with Crippen LogP contribution in [0.4, 0.5) is 0 Å². The molecule has 0 fully saturated rings. The maximum absolute atomic E-state index is 12.2. The Morgan fingerprint density at radius 2 is 1.88 bits per heavy atom. The summed E-state index contributed by atoms with van der Waals surface area (Å²) in [6, 6.07) is 23.7. The number of benzene rings is 3. The Bertz CT molecular complexity index is 1230. The molecule has 0 saturated heterocycles. The van der Waals surface area contributed by atoms with Gasteiger partial charge >= 0.3 is 0 Å². The molecule has 4 aromatic rings. The largest absolute Gasteiger partial charge is 0.490 e. The predicted molar refractivity (Wildman–Crippen MR) is 139 cm³/mol. The van der Waals surface area contributed by atoms with Crippen molar-refractivity contribution in [2.45, 2.75) is 17.7 Å². The topological polar surface area (TPSA) is 72.8 Å². The molecule has 1 N–H and O–H groups in total. The summed E-state index contributed by atoms with van der Waals surface area (Å²) in [6.07, 6.45) is 2.41. The number of carbonyl (C=O) groups excluding carboxylic acids is 1. The SMILES string of the molecule is CCOc1cc(/C=N/NC(=O)CSc2nc3ccccc3s2)ccc1OCCc1ccccc1. The molecule has 0 aliphatic heterocycles. The second-order valence-corrected chi connectivity index (χ2v) is 9.51. The molecule has 0 bridgehead atoms. The number of thioether (sulfide) groups is 1. The Morgan fingerprint density at radius 3 is 2.71 bits per heavy atom. The minimum atomic E-state index is -0.189. The number of thiazole rings is 1. The van der Waals surface area contributed by atoms with Crippen molar-refractivity contribution in [2.75, 3.05) is 19.0 Å². The predicted octanol–water partition coefficient (Wildman–Crippen LogP) is 5.56. The van der Waals surface area contributed by atoms with Gasteiger partial charge in [0.1, 0.15) is 0 Å². The van der Waals surface area contributed by atoms with Gasteiger partial charge in [-0.05, 0) is 48.4 Å². The normalized spacial score (nSPS) is 11.1. The number of nitrogens with one attached hydrogen (secondary N) is 1. The maximum atomic E-state index is 12.2. The Balaban J connectivity index is 1.28. The Morgan fingerprint density at radius 1 is 1.06 bits per heavy atom. The summed E-state index contributed by atoms with van der Waals surface area (Å²) >= 11 is 2.98. The zero-order valence-electron chi connectivity index (χ0n) is 18.8. The fourth-order valence-corrected chi connectivity index (χ4v) is 5.03. The third kappa shape index (κ3) is 6.82. The smallest absolute Gasteiger partial charge is 0.250 e. The van der Waals surface area contributed by atoms with E-state index in [1.54, 1.807) is 17.6 Å². The first kappa shape index (κ1) is 23.8. The van der Waals surface area contributed by atoms with Crippen LogP contribution in [0.2, 0.25) is 0 Å². The lowest BCUT2D eigenvalue weighted by molar-refractivity contribution is -0.118. The summed E-state index contributed by atoms with van der Waals surface area (Å²) in [5, 5.41) is 4.08. The number of para-hydroxylation sites is 1. The van der Waals surface area contributed by atoms with Gasteiger partial charge in [0.2, 0.25) is 0 Å². The molecule has 1 heterocycles. The van der Waals surface area contributed by atoms with Crippen LogP contribution in [0.1, 0.15) is 18.1 Å².